The third-order valence-corrected chi connectivity index (χ3v) is 5.91. The molecule has 3 fully saturated rings. The van der Waals surface area contributed by atoms with Crippen molar-refractivity contribution in [2.24, 2.45) is 5.92 Å². The van der Waals surface area contributed by atoms with Crippen LogP contribution in [0.2, 0.25) is 0 Å². The molecule has 6 heteroatoms. The highest BCUT2D eigenvalue weighted by Crippen LogP contribution is 2.25. The van der Waals surface area contributed by atoms with E-state index in [1.807, 2.05) is 0 Å². The van der Waals surface area contributed by atoms with Gasteiger partial charge in [0.25, 0.3) is 0 Å². The van der Waals surface area contributed by atoms with E-state index in [1.54, 1.807) is 6.33 Å². The maximum absolute atomic E-state index is 5.44. The van der Waals surface area contributed by atoms with Gasteiger partial charge in [-0.25, -0.2) is 9.97 Å². The van der Waals surface area contributed by atoms with Crippen molar-refractivity contribution in [2.75, 3.05) is 68.8 Å². The third-order valence-electron chi connectivity index (χ3n) is 5.91. The molecule has 0 bridgehead atoms. The normalized spacial score (nSPS) is 23.8. The van der Waals surface area contributed by atoms with Crippen molar-refractivity contribution in [3.63, 3.8) is 0 Å². The first-order valence-electron chi connectivity index (χ1n) is 10.0. The molecule has 0 N–H and O–H groups in total. The van der Waals surface area contributed by atoms with Crippen molar-refractivity contribution in [1.29, 1.82) is 0 Å². The zero-order chi connectivity index (χ0) is 16.9. The van der Waals surface area contributed by atoms with Crippen LogP contribution in [0.5, 0.6) is 0 Å². The quantitative estimate of drug-likeness (QED) is 0.832. The Hall–Kier alpha value is -1.40. The smallest absolute Gasteiger partial charge is 0.134 e. The van der Waals surface area contributed by atoms with Gasteiger partial charge in [0, 0.05) is 51.9 Å². The first kappa shape index (κ1) is 17.0. The molecule has 0 aromatic carbocycles. The Morgan fingerprint density at radius 2 is 1.48 bits per heavy atom. The fourth-order valence-corrected chi connectivity index (χ4v) is 4.37. The molecular formula is C19H31N5O. The van der Waals surface area contributed by atoms with Crippen LogP contribution >= 0.6 is 0 Å². The van der Waals surface area contributed by atoms with E-state index in [0.29, 0.717) is 0 Å². The van der Waals surface area contributed by atoms with Gasteiger partial charge in [0.15, 0.2) is 0 Å². The number of morpholine rings is 1. The lowest BCUT2D eigenvalue weighted by atomic mass is 9.89. The molecule has 4 rings (SSSR count). The van der Waals surface area contributed by atoms with Gasteiger partial charge in [0.05, 0.1) is 13.2 Å². The Balaban J connectivity index is 1.31. The van der Waals surface area contributed by atoms with Crippen LogP contribution in [0.25, 0.3) is 0 Å². The predicted octanol–water partition coefficient (Wildman–Crippen LogP) is 2.02. The molecule has 0 unspecified atom stereocenters. The summed E-state index contributed by atoms with van der Waals surface area (Å²) in [5, 5.41) is 0. The summed E-state index contributed by atoms with van der Waals surface area (Å²) in [6.07, 6.45) is 8.92. The van der Waals surface area contributed by atoms with Gasteiger partial charge in [-0.05, 0) is 18.8 Å². The fraction of sp³-hybridized carbons (Fsp3) is 0.789. The molecule has 0 atom stereocenters. The summed E-state index contributed by atoms with van der Waals surface area (Å²) in [5.41, 5.74) is 0. The summed E-state index contributed by atoms with van der Waals surface area (Å²) in [5.74, 6) is 3.05. The van der Waals surface area contributed by atoms with Gasteiger partial charge in [0.2, 0.25) is 0 Å². The Morgan fingerprint density at radius 3 is 2.16 bits per heavy atom. The average molecular weight is 345 g/mol. The minimum absolute atomic E-state index is 0.791. The highest BCUT2D eigenvalue weighted by molar-refractivity contribution is 5.50. The number of aromatic nitrogens is 2. The van der Waals surface area contributed by atoms with E-state index in [9.17, 15) is 0 Å². The van der Waals surface area contributed by atoms with Crippen molar-refractivity contribution in [3.05, 3.63) is 12.4 Å². The van der Waals surface area contributed by atoms with Crippen molar-refractivity contribution >= 4 is 11.6 Å². The lowest BCUT2D eigenvalue weighted by molar-refractivity contribution is 0.122. The maximum Gasteiger partial charge on any atom is 0.134 e. The summed E-state index contributed by atoms with van der Waals surface area (Å²) in [6.45, 7) is 9.20. The number of anilines is 2. The monoisotopic (exact) mass is 345 g/mol. The Morgan fingerprint density at radius 1 is 0.840 bits per heavy atom. The Bertz CT molecular complexity index is 534. The molecule has 0 radical (unpaired) electrons. The second-order valence-electron chi connectivity index (χ2n) is 7.63. The van der Waals surface area contributed by atoms with Gasteiger partial charge in [-0.1, -0.05) is 19.3 Å². The maximum atomic E-state index is 5.44. The number of hydrogen-bond donors (Lipinski definition) is 0. The lowest BCUT2D eigenvalue weighted by Gasteiger charge is -2.38. The molecule has 1 aromatic rings. The SMILES string of the molecule is c1nc(N2CCOCC2)cc(N2CCN(CC3CCCCC3)CC2)n1. The van der Waals surface area contributed by atoms with Crippen LogP contribution in [0, 0.1) is 5.92 Å². The van der Waals surface area contributed by atoms with E-state index in [-0.39, 0.29) is 0 Å². The minimum atomic E-state index is 0.791. The molecule has 2 saturated heterocycles. The largest absolute Gasteiger partial charge is 0.378 e. The van der Waals surface area contributed by atoms with Crippen LogP contribution in [0.4, 0.5) is 11.6 Å². The zero-order valence-electron chi connectivity index (χ0n) is 15.3. The molecule has 0 spiro atoms. The van der Waals surface area contributed by atoms with Crippen molar-refractivity contribution in [2.45, 2.75) is 32.1 Å². The molecule has 3 aliphatic rings. The number of hydrogen-bond acceptors (Lipinski definition) is 6. The first-order valence-corrected chi connectivity index (χ1v) is 10.0. The van der Waals surface area contributed by atoms with Crippen molar-refractivity contribution in [3.8, 4) is 0 Å². The van der Waals surface area contributed by atoms with Crippen molar-refractivity contribution in [1.82, 2.24) is 14.9 Å². The van der Waals surface area contributed by atoms with Crippen LogP contribution in [-0.4, -0.2) is 73.9 Å². The summed E-state index contributed by atoms with van der Waals surface area (Å²) in [6, 6.07) is 2.15. The molecule has 1 aromatic heterocycles. The standard InChI is InChI=1S/C19H31N5O/c1-2-4-17(5-3-1)15-22-6-8-23(9-7-22)18-14-19(21-16-20-18)24-10-12-25-13-11-24/h14,16-17H,1-13,15H2. The van der Waals surface area contributed by atoms with E-state index >= 15 is 0 Å². The van der Waals surface area contributed by atoms with Crippen LogP contribution in [0.3, 0.4) is 0 Å². The molecule has 6 nitrogen and oxygen atoms in total. The van der Waals surface area contributed by atoms with Crippen LogP contribution < -0.4 is 9.80 Å². The molecule has 0 amide bonds. The highest BCUT2D eigenvalue weighted by atomic mass is 16.5. The molecule has 1 saturated carbocycles. The summed E-state index contributed by atoms with van der Waals surface area (Å²) in [7, 11) is 0. The van der Waals surface area contributed by atoms with Crippen molar-refractivity contribution < 1.29 is 4.74 Å². The number of nitrogens with zero attached hydrogens (tertiary/aromatic N) is 5. The highest BCUT2D eigenvalue weighted by Gasteiger charge is 2.23. The second-order valence-corrected chi connectivity index (χ2v) is 7.63. The molecule has 138 valence electrons. The molecule has 1 aliphatic carbocycles. The van der Waals surface area contributed by atoms with Gasteiger partial charge >= 0.3 is 0 Å². The first-order chi connectivity index (χ1) is 12.4. The number of ether oxygens (including phenoxy) is 1. The zero-order valence-corrected chi connectivity index (χ0v) is 15.3. The van der Waals surface area contributed by atoms with E-state index in [0.717, 1.165) is 70.0 Å². The molecule has 2 aliphatic heterocycles. The van der Waals surface area contributed by atoms with E-state index in [2.05, 4.69) is 30.7 Å². The lowest BCUT2D eigenvalue weighted by Crippen LogP contribution is -2.48. The molecule has 3 heterocycles. The topological polar surface area (TPSA) is 44.7 Å². The van der Waals surface area contributed by atoms with Gasteiger partial charge in [-0.2, -0.15) is 0 Å². The summed E-state index contributed by atoms with van der Waals surface area (Å²) >= 11 is 0. The third kappa shape index (κ3) is 4.42. The van der Waals surface area contributed by atoms with Crippen LogP contribution in [0.15, 0.2) is 12.4 Å². The van der Waals surface area contributed by atoms with Gasteiger partial charge in [0.1, 0.15) is 18.0 Å². The van der Waals surface area contributed by atoms with Gasteiger partial charge in [-0.15, -0.1) is 0 Å². The minimum Gasteiger partial charge on any atom is -0.378 e. The molecule has 25 heavy (non-hydrogen) atoms. The van der Waals surface area contributed by atoms with Gasteiger partial charge in [-0.3, -0.25) is 4.90 Å². The molecular weight excluding hydrogens is 314 g/mol. The Kier molecular flexibility index (Phi) is 5.67. The average Bonchev–Trinajstić information content (AvgIpc) is 2.70. The van der Waals surface area contributed by atoms with E-state index < -0.39 is 0 Å². The van der Waals surface area contributed by atoms with E-state index in [1.165, 1.54) is 38.6 Å². The van der Waals surface area contributed by atoms with E-state index in [4.69, 9.17) is 4.74 Å². The predicted molar refractivity (Wildman–Crippen MR) is 100 cm³/mol. The Labute approximate surface area is 151 Å². The number of piperazine rings is 1. The summed E-state index contributed by atoms with van der Waals surface area (Å²) in [4.78, 5) is 16.4. The fourth-order valence-electron chi connectivity index (χ4n) is 4.37. The second kappa shape index (κ2) is 8.32. The number of rotatable bonds is 4. The summed E-state index contributed by atoms with van der Waals surface area (Å²) < 4.78 is 5.44. The van der Waals surface area contributed by atoms with Gasteiger partial charge < -0.3 is 14.5 Å². The van der Waals surface area contributed by atoms with Crippen LogP contribution in [0.1, 0.15) is 32.1 Å². The van der Waals surface area contributed by atoms with Crippen LogP contribution in [-0.2, 0) is 4.74 Å².